The van der Waals surface area contributed by atoms with E-state index in [0.717, 1.165) is 30.5 Å². The number of thioether (sulfide) groups is 1. The number of rotatable bonds is 5. The molecule has 4 aromatic rings. The van der Waals surface area contributed by atoms with Crippen molar-refractivity contribution in [3.63, 3.8) is 0 Å². The molecule has 2 aromatic carbocycles. The number of nitrogens with zero attached hydrogens (tertiary/aromatic N) is 4. The summed E-state index contributed by atoms with van der Waals surface area (Å²) in [5.74, 6) is -0.516. The van der Waals surface area contributed by atoms with Crippen LogP contribution in [0.25, 0.3) is 11.1 Å². The molecular weight excluding hydrogens is 516 g/mol. The molecule has 0 saturated carbocycles. The molecule has 6 rings (SSSR count). The smallest absolute Gasteiger partial charge is 0.271 e. The van der Waals surface area contributed by atoms with Gasteiger partial charge in [-0.25, -0.2) is 0 Å². The fourth-order valence-electron chi connectivity index (χ4n) is 4.87. The summed E-state index contributed by atoms with van der Waals surface area (Å²) in [6.07, 6.45) is 3.94. The van der Waals surface area contributed by atoms with Crippen molar-refractivity contribution in [2.24, 2.45) is 0 Å². The maximum absolute atomic E-state index is 13.5. The molecule has 38 heavy (non-hydrogen) atoms. The summed E-state index contributed by atoms with van der Waals surface area (Å²) in [7, 11) is 2.00. The molecule has 0 spiro atoms. The number of anilines is 1. The number of para-hydroxylation sites is 1. The number of benzene rings is 2. The van der Waals surface area contributed by atoms with Crippen LogP contribution in [0.4, 0.5) is 5.69 Å². The largest absolute Gasteiger partial charge is 0.337 e. The first kappa shape index (κ1) is 24.4. The van der Waals surface area contributed by atoms with Crippen LogP contribution >= 0.6 is 23.1 Å². The van der Waals surface area contributed by atoms with Crippen molar-refractivity contribution in [2.75, 3.05) is 18.5 Å². The molecule has 0 unspecified atom stereocenters. The van der Waals surface area contributed by atoms with Gasteiger partial charge in [-0.2, -0.15) is 4.57 Å². The van der Waals surface area contributed by atoms with Crippen molar-refractivity contribution in [2.45, 2.75) is 24.9 Å². The van der Waals surface area contributed by atoms with Crippen LogP contribution in [0, 0.1) is 0 Å². The number of hydrogen-bond acceptors (Lipinski definition) is 6. The van der Waals surface area contributed by atoms with E-state index in [-0.39, 0.29) is 23.9 Å². The Morgan fingerprint density at radius 3 is 2.29 bits per heavy atom. The molecule has 9 heteroatoms. The van der Waals surface area contributed by atoms with Crippen molar-refractivity contribution in [1.82, 2.24) is 9.47 Å². The van der Waals surface area contributed by atoms with E-state index < -0.39 is 0 Å². The van der Waals surface area contributed by atoms with Gasteiger partial charge in [0.25, 0.3) is 17.4 Å². The summed E-state index contributed by atoms with van der Waals surface area (Å²) in [6.45, 7) is 3.23. The van der Waals surface area contributed by atoms with Gasteiger partial charge in [-0.05, 0) is 37.3 Å². The van der Waals surface area contributed by atoms with E-state index in [9.17, 15) is 14.4 Å². The Hall–Kier alpha value is -3.95. The van der Waals surface area contributed by atoms with Gasteiger partial charge < -0.3 is 4.90 Å². The number of imide groups is 1. The number of carbonyl (C=O) groups is 2. The second kappa shape index (κ2) is 9.74. The van der Waals surface area contributed by atoms with E-state index in [1.165, 1.54) is 16.2 Å². The third-order valence-corrected chi connectivity index (χ3v) is 9.34. The van der Waals surface area contributed by atoms with Gasteiger partial charge in [0.05, 0.1) is 23.4 Å². The van der Waals surface area contributed by atoms with Gasteiger partial charge in [-0.1, -0.05) is 36.0 Å². The lowest BCUT2D eigenvalue weighted by atomic mass is 10.1. The van der Waals surface area contributed by atoms with E-state index in [2.05, 4.69) is 17.0 Å². The summed E-state index contributed by atoms with van der Waals surface area (Å²) in [5.41, 5.74) is 2.90. The van der Waals surface area contributed by atoms with E-state index in [1.807, 2.05) is 61.1 Å². The summed E-state index contributed by atoms with van der Waals surface area (Å²) in [4.78, 5) is 43.6. The average Bonchev–Trinajstić information content (AvgIpc) is 3.52. The van der Waals surface area contributed by atoms with Gasteiger partial charge in [-0.15, -0.1) is 11.3 Å². The molecule has 0 bridgehead atoms. The van der Waals surface area contributed by atoms with Crippen LogP contribution < -0.4 is 24.2 Å². The molecule has 0 aliphatic carbocycles. The van der Waals surface area contributed by atoms with Gasteiger partial charge in [0.2, 0.25) is 5.69 Å². The Morgan fingerprint density at radius 1 is 0.895 bits per heavy atom. The molecule has 2 aliphatic rings. The maximum atomic E-state index is 13.5. The summed E-state index contributed by atoms with van der Waals surface area (Å²) < 4.78 is 5.37. The first-order valence-corrected chi connectivity index (χ1v) is 14.0. The minimum Gasteiger partial charge on any atom is -0.337 e. The quantitative estimate of drug-likeness (QED) is 0.287. The van der Waals surface area contributed by atoms with Gasteiger partial charge in [-0.3, -0.25) is 23.9 Å². The number of hydrogen-bond donors (Lipinski definition) is 0. The molecule has 0 saturated heterocycles. The van der Waals surface area contributed by atoms with Crippen molar-refractivity contribution in [3.05, 3.63) is 109 Å². The normalized spacial score (nSPS) is 16.4. The van der Waals surface area contributed by atoms with Gasteiger partial charge >= 0.3 is 0 Å². The second-order valence-corrected chi connectivity index (χ2v) is 11.1. The molecule has 190 valence electrons. The Labute approximate surface area is 227 Å². The molecule has 2 amide bonds. The highest BCUT2D eigenvalue weighted by Gasteiger charge is 2.35. The topological polar surface area (TPSA) is 66.5 Å². The summed E-state index contributed by atoms with van der Waals surface area (Å²) in [5, 5.41) is 0.939. The highest BCUT2D eigenvalue weighted by molar-refractivity contribution is 8.08. The molecule has 7 nitrogen and oxygen atoms in total. The number of carbonyl (C=O) groups excluding carboxylic acids is 2. The number of thiazole rings is 1. The molecule has 0 fully saturated rings. The number of pyridine rings is 1. The zero-order valence-corrected chi connectivity index (χ0v) is 22.6. The van der Waals surface area contributed by atoms with Crippen LogP contribution in [0.1, 0.15) is 33.3 Å². The van der Waals surface area contributed by atoms with Gasteiger partial charge in [0.1, 0.15) is 14.2 Å². The lowest BCUT2D eigenvalue weighted by Gasteiger charge is -2.12. The van der Waals surface area contributed by atoms with Gasteiger partial charge in [0, 0.05) is 36.7 Å². The van der Waals surface area contributed by atoms with E-state index in [0.29, 0.717) is 24.2 Å². The van der Waals surface area contributed by atoms with Crippen molar-refractivity contribution >= 4 is 51.7 Å². The molecule has 0 atom stereocenters. The molecular formula is C29H25N4O3S2+. The van der Waals surface area contributed by atoms with Crippen LogP contribution in [0.2, 0.25) is 0 Å². The SMILES string of the molecule is CCn1c(=O)/c(=C2/Sc3ccccc3N2C)s/c1=C/c1cccc[n+]1CCN1C(=O)c2ccccc2C1=O. The van der Waals surface area contributed by atoms with Crippen LogP contribution in [0.3, 0.4) is 0 Å². The standard InChI is InChI=1S/C29H25N4O3S2/c1-3-32-24(38-25(28(32)36)29-30(2)22-13-6-7-14-23(22)37-29)18-19-10-8-9-15-31(19)16-17-33-26(34)20-11-4-5-12-21(20)27(33)35/h4-15,18H,3,16-17H2,1-2H3/q+1/b29-25-. The molecule has 2 aliphatic heterocycles. The predicted molar refractivity (Wildman–Crippen MR) is 150 cm³/mol. The Kier molecular flexibility index (Phi) is 6.25. The monoisotopic (exact) mass is 541 g/mol. The third kappa shape index (κ3) is 3.99. The van der Waals surface area contributed by atoms with E-state index in [4.69, 9.17) is 0 Å². The maximum Gasteiger partial charge on any atom is 0.271 e. The molecule has 0 N–H and O–H groups in total. The van der Waals surface area contributed by atoms with E-state index in [1.54, 1.807) is 40.6 Å². The lowest BCUT2D eigenvalue weighted by Crippen LogP contribution is -2.44. The minimum atomic E-state index is -0.258. The average molecular weight is 542 g/mol. The highest BCUT2D eigenvalue weighted by atomic mass is 32.2. The third-order valence-electron chi connectivity index (χ3n) is 6.85. The Morgan fingerprint density at radius 2 is 1.58 bits per heavy atom. The zero-order chi connectivity index (χ0) is 26.4. The van der Waals surface area contributed by atoms with Crippen molar-refractivity contribution < 1.29 is 14.2 Å². The first-order chi connectivity index (χ1) is 18.5. The Bertz CT molecular complexity index is 1750. The fraction of sp³-hybridized carbons (Fsp3) is 0.172. The minimum absolute atomic E-state index is 0.000545. The zero-order valence-electron chi connectivity index (χ0n) is 21.0. The van der Waals surface area contributed by atoms with Crippen LogP contribution in [-0.4, -0.2) is 34.9 Å². The summed E-state index contributed by atoms with van der Waals surface area (Å²) in [6, 6.07) is 20.9. The van der Waals surface area contributed by atoms with Gasteiger partial charge in [0.15, 0.2) is 12.7 Å². The van der Waals surface area contributed by atoms with Crippen molar-refractivity contribution in [1.29, 1.82) is 0 Å². The molecule has 4 heterocycles. The van der Waals surface area contributed by atoms with Crippen LogP contribution in [-0.2, 0) is 13.1 Å². The number of amides is 2. The fourth-order valence-corrected chi connectivity index (χ4v) is 7.33. The number of aromatic nitrogens is 2. The Balaban J connectivity index is 1.35. The number of fused-ring (bicyclic) bond motifs is 2. The molecule has 0 radical (unpaired) electrons. The highest BCUT2D eigenvalue weighted by Crippen LogP contribution is 2.44. The van der Waals surface area contributed by atoms with Crippen molar-refractivity contribution in [3.8, 4) is 0 Å². The van der Waals surface area contributed by atoms with Crippen LogP contribution in [0.5, 0.6) is 0 Å². The lowest BCUT2D eigenvalue weighted by molar-refractivity contribution is -0.697. The first-order valence-electron chi connectivity index (χ1n) is 12.4. The summed E-state index contributed by atoms with van der Waals surface area (Å²) >= 11 is 3.11. The molecule has 2 aromatic heterocycles. The predicted octanol–water partition coefficient (Wildman–Crippen LogP) is 2.65. The van der Waals surface area contributed by atoms with E-state index >= 15 is 0 Å². The van der Waals surface area contributed by atoms with Crippen LogP contribution in [0.15, 0.2) is 82.6 Å². The second-order valence-electron chi connectivity index (χ2n) is 9.02.